The van der Waals surface area contributed by atoms with Gasteiger partial charge in [0, 0.05) is 30.6 Å². The molecule has 0 aliphatic rings. The van der Waals surface area contributed by atoms with E-state index in [1.807, 2.05) is 0 Å². The molecule has 0 saturated heterocycles. The number of oxazole rings is 1. The standard InChI is InChI=1S/C29H27ClF3N3O6S/c1-19-26(34-28(42-19)21-6-8-22(9-7-21)29(31,32)33)14-15-41-25-5-3-4-20(16-25)17-36(18-27(37)38)43(39,40)35(2)24-12-10-23(30)11-13-24/h3-13,16H,14-15,17-18H2,1-2H3,(H,37,38). The van der Waals surface area contributed by atoms with Crippen molar-refractivity contribution in [3.8, 4) is 17.2 Å². The van der Waals surface area contributed by atoms with Crippen molar-refractivity contribution in [3.63, 3.8) is 0 Å². The van der Waals surface area contributed by atoms with E-state index in [0.717, 1.165) is 20.7 Å². The molecule has 0 spiro atoms. The second-order valence-electron chi connectivity index (χ2n) is 9.46. The zero-order valence-electron chi connectivity index (χ0n) is 23.0. The number of ether oxygens (including phenoxy) is 1. The zero-order valence-corrected chi connectivity index (χ0v) is 24.6. The number of carboxylic acids is 1. The van der Waals surface area contributed by atoms with Crippen LogP contribution in [0.3, 0.4) is 0 Å². The second kappa shape index (κ2) is 13.1. The van der Waals surface area contributed by atoms with E-state index >= 15 is 0 Å². The summed E-state index contributed by atoms with van der Waals surface area (Å²) < 4.78 is 78.5. The number of carboxylic acid groups (broad SMARTS) is 1. The van der Waals surface area contributed by atoms with E-state index in [1.54, 1.807) is 31.2 Å². The number of nitrogens with zero attached hydrogens (tertiary/aromatic N) is 3. The van der Waals surface area contributed by atoms with Crippen LogP contribution in [0.4, 0.5) is 18.9 Å². The minimum Gasteiger partial charge on any atom is -0.493 e. The summed E-state index contributed by atoms with van der Waals surface area (Å²) in [7, 11) is -2.91. The summed E-state index contributed by atoms with van der Waals surface area (Å²) in [6.07, 6.45) is -4.12. The fourth-order valence-corrected chi connectivity index (χ4v) is 5.56. The highest BCUT2D eigenvalue weighted by Crippen LogP contribution is 2.31. The summed E-state index contributed by atoms with van der Waals surface area (Å²) in [5, 5.41) is 9.83. The van der Waals surface area contributed by atoms with Crippen LogP contribution in [-0.4, -0.2) is 49.0 Å². The monoisotopic (exact) mass is 637 g/mol. The quantitative estimate of drug-likeness (QED) is 0.196. The normalized spacial score (nSPS) is 12.0. The predicted molar refractivity (Wildman–Crippen MR) is 154 cm³/mol. The molecule has 0 aliphatic heterocycles. The van der Waals surface area contributed by atoms with Crippen molar-refractivity contribution >= 4 is 33.5 Å². The number of rotatable bonds is 12. The molecular formula is C29H27ClF3N3O6S. The molecular weight excluding hydrogens is 611 g/mol. The maximum atomic E-state index is 13.3. The first-order chi connectivity index (χ1) is 20.2. The lowest BCUT2D eigenvalue weighted by atomic mass is 10.1. The van der Waals surface area contributed by atoms with Crippen molar-refractivity contribution in [2.75, 3.05) is 24.5 Å². The third-order valence-corrected chi connectivity index (χ3v) is 8.46. The number of aryl methyl sites for hydroxylation is 1. The highest BCUT2D eigenvalue weighted by Gasteiger charge is 2.31. The van der Waals surface area contributed by atoms with Crippen molar-refractivity contribution in [2.24, 2.45) is 0 Å². The third kappa shape index (κ3) is 8.06. The van der Waals surface area contributed by atoms with E-state index in [0.29, 0.717) is 45.5 Å². The zero-order chi connectivity index (χ0) is 31.4. The molecule has 1 aromatic heterocycles. The maximum absolute atomic E-state index is 13.3. The lowest BCUT2D eigenvalue weighted by molar-refractivity contribution is -0.138. The Morgan fingerprint density at radius 2 is 1.74 bits per heavy atom. The molecule has 0 unspecified atom stereocenters. The molecule has 4 aromatic rings. The fourth-order valence-electron chi connectivity index (χ4n) is 4.12. The van der Waals surface area contributed by atoms with E-state index in [1.165, 1.54) is 43.4 Å². The van der Waals surface area contributed by atoms with E-state index in [-0.39, 0.29) is 19.0 Å². The van der Waals surface area contributed by atoms with Crippen LogP contribution in [0, 0.1) is 6.92 Å². The van der Waals surface area contributed by atoms with Crippen molar-refractivity contribution in [1.82, 2.24) is 9.29 Å². The number of anilines is 1. The third-order valence-electron chi connectivity index (χ3n) is 6.39. The van der Waals surface area contributed by atoms with Gasteiger partial charge in [-0.3, -0.25) is 9.10 Å². The van der Waals surface area contributed by atoms with Crippen LogP contribution >= 0.6 is 11.6 Å². The van der Waals surface area contributed by atoms with Crippen LogP contribution in [-0.2, 0) is 34.1 Å². The first-order valence-electron chi connectivity index (χ1n) is 12.8. The Morgan fingerprint density at radius 3 is 2.37 bits per heavy atom. The van der Waals surface area contributed by atoms with Gasteiger partial charge in [0.25, 0.3) is 0 Å². The van der Waals surface area contributed by atoms with Gasteiger partial charge >= 0.3 is 22.4 Å². The molecule has 228 valence electrons. The van der Waals surface area contributed by atoms with Gasteiger partial charge in [0.05, 0.1) is 23.6 Å². The highest BCUT2D eigenvalue weighted by molar-refractivity contribution is 7.90. The topological polar surface area (TPSA) is 113 Å². The molecule has 0 radical (unpaired) electrons. The summed E-state index contributed by atoms with van der Waals surface area (Å²) in [6.45, 7) is 0.857. The van der Waals surface area contributed by atoms with E-state index in [4.69, 9.17) is 20.8 Å². The molecule has 3 aromatic carbocycles. The van der Waals surface area contributed by atoms with Gasteiger partial charge in [-0.2, -0.15) is 25.9 Å². The number of halogens is 4. The second-order valence-corrected chi connectivity index (χ2v) is 11.9. The molecule has 43 heavy (non-hydrogen) atoms. The van der Waals surface area contributed by atoms with E-state index in [9.17, 15) is 31.5 Å². The van der Waals surface area contributed by atoms with Crippen LogP contribution in [0.1, 0.15) is 22.6 Å². The molecule has 0 atom stereocenters. The lowest BCUT2D eigenvalue weighted by Gasteiger charge is -2.28. The summed E-state index contributed by atoms with van der Waals surface area (Å²) >= 11 is 5.90. The van der Waals surface area contributed by atoms with Gasteiger partial charge < -0.3 is 14.3 Å². The Kier molecular flexibility index (Phi) is 9.68. The number of hydrogen-bond acceptors (Lipinski definition) is 6. The largest absolute Gasteiger partial charge is 0.493 e. The molecule has 1 heterocycles. The highest BCUT2D eigenvalue weighted by atomic mass is 35.5. The Balaban J connectivity index is 1.42. The molecule has 1 N–H and O–H groups in total. The van der Waals surface area contributed by atoms with Gasteiger partial charge in [-0.05, 0) is 73.2 Å². The first kappa shape index (κ1) is 31.9. The van der Waals surface area contributed by atoms with Gasteiger partial charge in [-0.25, -0.2) is 4.98 Å². The average molecular weight is 638 g/mol. The summed E-state index contributed by atoms with van der Waals surface area (Å²) in [5.41, 5.74) is 0.997. The van der Waals surface area contributed by atoms with Crippen molar-refractivity contribution in [2.45, 2.75) is 26.1 Å². The van der Waals surface area contributed by atoms with E-state index in [2.05, 4.69) is 4.98 Å². The van der Waals surface area contributed by atoms with Crippen LogP contribution in [0.25, 0.3) is 11.5 Å². The van der Waals surface area contributed by atoms with Crippen LogP contribution in [0.15, 0.2) is 77.2 Å². The lowest BCUT2D eigenvalue weighted by Crippen LogP contribution is -2.44. The number of hydrogen-bond donors (Lipinski definition) is 1. The maximum Gasteiger partial charge on any atom is 0.416 e. The van der Waals surface area contributed by atoms with Crippen LogP contribution < -0.4 is 9.04 Å². The molecule has 0 saturated carbocycles. The number of benzene rings is 3. The van der Waals surface area contributed by atoms with Crippen molar-refractivity contribution < 1.29 is 40.6 Å². The predicted octanol–water partition coefficient (Wildman–Crippen LogP) is 6.21. The summed E-state index contributed by atoms with van der Waals surface area (Å²) in [6, 6.07) is 17.2. The van der Waals surface area contributed by atoms with Crippen LogP contribution in [0.5, 0.6) is 5.75 Å². The minimum atomic E-state index is -4.44. The molecule has 0 aliphatic carbocycles. The van der Waals surface area contributed by atoms with Crippen molar-refractivity contribution in [3.05, 3.63) is 100 Å². The minimum absolute atomic E-state index is 0.166. The van der Waals surface area contributed by atoms with Gasteiger partial charge in [0.2, 0.25) is 5.89 Å². The average Bonchev–Trinajstić information content (AvgIpc) is 3.32. The Hall–Kier alpha value is -4.07. The molecule has 4 rings (SSSR count). The van der Waals surface area contributed by atoms with Crippen molar-refractivity contribution in [1.29, 1.82) is 0 Å². The Morgan fingerprint density at radius 1 is 1.07 bits per heavy atom. The first-order valence-corrected chi connectivity index (χ1v) is 14.6. The SMILES string of the molecule is Cc1oc(-c2ccc(C(F)(F)F)cc2)nc1CCOc1cccc(CN(CC(=O)O)S(=O)(=O)N(C)c2ccc(Cl)cc2)c1. The number of alkyl halides is 3. The smallest absolute Gasteiger partial charge is 0.416 e. The van der Waals surface area contributed by atoms with Gasteiger partial charge in [0.1, 0.15) is 18.1 Å². The van der Waals surface area contributed by atoms with E-state index < -0.39 is 34.5 Å². The van der Waals surface area contributed by atoms with Gasteiger partial charge in [-0.1, -0.05) is 23.7 Å². The Bertz CT molecular complexity index is 1680. The molecule has 9 nitrogen and oxygen atoms in total. The molecule has 0 bridgehead atoms. The van der Waals surface area contributed by atoms with Gasteiger partial charge in [0.15, 0.2) is 0 Å². The molecule has 0 fully saturated rings. The Labute approximate surface area is 251 Å². The fraction of sp³-hybridized carbons (Fsp3) is 0.241. The molecule has 14 heteroatoms. The van der Waals surface area contributed by atoms with Crippen LogP contribution in [0.2, 0.25) is 5.02 Å². The summed E-state index contributed by atoms with van der Waals surface area (Å²) in [5.74, 6) is -0.224. The number of carbonyl (C=O) groups is 1. The number of aromatic nitrogens is 1. The number of aliphatic carboxylic acids is 1. The summed E-state index contributed by atoms with van der Waals surface area (Å²) in [4.78, 5) is 15.9. The van der Waals surface area contributed by atoms with Gasteiger partial charge in [-0.15, -0.1) is 0 Å². The molecule has 0 amide bonds.